The Labute approximate surface area is 272 Å². The Hall–Kier alpha value is -3.94. The highest BCUT2D eigenvalue weighted by atomic mass is 16.6. The summed E-state index contributed by atoms with van der Waals surface area (Å²) in [5.74, 6) is -8.62. The summed E-state index contributed by atoms with van der Waals surface area (Å²) in [7, 11) is 0. The van der Waals surface area contributed by atoms with Crippen molar-refractivity contribution in [2.45, 2.75) is 79.2 Å². The highest BCUT2D eigenvalue weighted by molar-refractivity contribution is 6.31. The Balaban J connectivity index is 1.88. The first-order valence-electron chi connectivity index (χ1n) is 15.6. The number of nitrogens with one attached hydrogen (secondary N) is 1. The number of Topliss-reactive ketones (excluding diaryl/α,β-unsaturated/α-hetero) is 2. The van der Waals surface area contributed by atoms with Gasteiger partial charge in [-0.05, 0) is 26.3 Å². The summed E-state index contributed by atoms with van der Waals surface area (Å²) in [5, 5.41) is 68.7. The van der Waals surface area contributed by atoms with Gasteiger partial charge in [-0.1, -0.05) is 52.0 Å². The average Bonchev–Trinajstić information content (AvgIpc) is 3.03. The van der Waals surface area contributed by atoms with E-state index in [1.165, 1.54) is 39.0 Å². The molecule has 47 heavy (non-hydrogen) atoms. The lowest BCUT2D eigenvalue weighted by atomic mass is 9.75. The number of ether oxygens (including phenoxy) is 1. The maximum atomic E-state index is 13.8. The van der Waals surface area contributed by atoms with Crippen LogP contribution in [-0.4, -0.2) is 84.6 Å². The second kappa shape index (κ2) is 13.7. The van der Waals surface area contributed by atoms with E-state index in [9.17, 15) is 49.8 Å². The number of aliphatic hydroxyl groups is 4. The standard InChI is InChI=1S/C35H43NO11/c1-13-9-8-10-14(2)34(45)36-21-12-22(37)23-24(30(42)17(5)31(43)25(23)32(21)44)27(39)15(3)11-20-29(41)19(7)33(47-35(20)46)18(6)28(40)16(4)26(13)38/h8-13,16,18-20,26,28-29,33,35,38,40-43,46H,1-7H3,(H,36,45)/b9-8-,14-10-,15-11?. The van der Waals surface area contributed by atoms with Crippen molar-refractivity contribution in [2.75, 3.05) is 0 Å². The maximum Gasteiger partial charge on any atom is 0.251 e. The molecule has 1 saturated heterocycles. The molecule has 10 unspecified atom stereocenters. The van der Waals surface area contributed by atoms with E-state index in [-0.39, 0.29) is 16.7 Å². The van der Waals surface area contributed by atoms with E-state index in [0.717, 1.165) is 6.08 Å². The van der Waals surface area contributed by atoms with Crippen molar-refractivity contribution >= 4 is 23.3 Å². The van der Waals surface area contributed by atoms with E-state index in [4.69, 9.17) is 4.74 Å². The molecule has 4 aliphatic heterocycles. The van der Waals surface area contributed by atoms with Crippen molar-refractivity contribution in [3.8, 4) is 11.5 Å². The minimum absolute atomic E-state index is 0.112. The highest BCUT2D eigenvalue weighted by Gasteiger charge is 2.46. The molecular weight excluding hydrogens is 610 g/mol. The van der Waals surface area contributed by atoms with Crippen LogP contribution in [0.2, 0.25) is 0 Å². The molecule has 0 saturated carbocycles. The van der Waals surface area contributed by atoms with Gasteiger partial charge in [-0.15, -0.1) is 0 Å². The summed E-state index contributed by atoms with van der Waals surface area (Å²) in [6.07, 6.45) is 0.789. The Morgan fingerprint density at radius 1 is 0.723 bits per heavy atom. The zero-order valence-electron chi connectivity index (χ0n) is 27.4. The number of allylic oxidation sites excluding steroid dienone is 5. The van der Waals surface area contributed by atoms with Gasteiger partial charge in [-0.2, -0.15) is 0 Å². The summed E-state index contributed by atoms with van der Waals surface area (Å²) in [6.45, 7) is 10.8. The van der Waals surface area contributed by atoms with Crippen LogP contribution in [-0.2, 0) is 9.53 Å². The molecule has 254 valence electrons. The Morgan fingerprint density at radius 2 is 1.30 bits per heavy atom. The van der Waals surface area contributed by atoms with Gasteiger partial charge in [0.2, 0.25) is 5.78 Å². The molecule has 0 radical (unpaired) electrons. The lowest BCUT2D eigenvalue weighted by Gasteiger charge is -2.45. The van der Waals surface area contributed by atoms with Gasteiger partial charge >= 0.3 is 0 Å². The minimum Gasteiger partial charge on any atom is -0.507 e. The first-order valence-corrected chi connectivity index (χ1v) is 15.6. The first-order chi connectivity index (χ1) is 21.9. The third-order valence-corrected chi connectivity index (χ3v) is 9.82. The molecule has 10 atom stereocenters. The Kier molecular flexibility index (Phi) is 10.4. The van der Waals surface area contributed by atoms with Crippen LogP contribution >= 0.6 is 0 Å². The fourth-order valence-corrected chi connectivity index (χ4v) is 6.61. The number of carbonyl (C=O) groups is 4. The summed E-state index contributed by atoms with van der Waals surface area (Å²) >= 11 is 0. The van der Waals surface area contributed by atoms with Crippen molar-refractivity contribution in [1.29, 1.82) is 0 Å². The topological polar surface area (TPSA) is 211 Å². The fraction of sp³-hybridized carbons (Fsp3) is 0.486. The van der Waals surface area contributed by atoms with Gasteiger partial charge in [0.25, 0.3) is 5.91 Å². The molecule has 1 aromatic carbocycles. The number of amides is 1. The average molecular weight is 654 g/mol. The van der Waals surface area contributed by atoms with E-state index in [1.54, 1.807) is 33.8 Å². The van der Waals surface area contributed by atoms with Gasteiger partial charge in [-0.25, -0.2) is 0 Å². The molecule has 1 aliphatic carbocycles. The smallest absolute Gasteiger partial charge is 0.251 e. The molecule has 12 heteroatoms. The van der Waals surface area contributed by atoms with Gasteiger partial charge in [0, 0.05) is 40.9 Å². The quantitative estimate of drug-likeness (QED) is 0.216. The minimum atomic E-state index is -1.62. The van der Waals surface area contributed by atoms with Gasteiger partial charge in [0.15, 0.2) is 17.9 Å². The van der Waals surface area contributed by atoms with E-state index in [0.29, 0.717) is 0 Å². The second-order valence-electron chi connectivity index (χ2n) is 13.0. The number of benzene rings is 1. The van der Waals surface area contributed by atoms with Crippen molar-refractivity contribution in [3.63, 3.8) is 0 Å². The second-order valence-corrected chi connectivity index (χ2v) is 13.0. The molecular formula is C35H43NO11. The Bertz CT molecular complexity index is 1620. The molecule has 6 rings (SSSR count). The molecule has 0 aromatic heterocycles. The van der Waals surface area contributed by atoms with Gasteiger partial charge < -0.3 is 40.7 Å². The summed E-state index contributed by atoms with van der Waals surface area (Å²) in [6, 6.07) is 0. The summed E-state index contributed by atoms with van der Waals surface area (Å²) in [5.41, 5.74) is -2.37. The summed E-state index contributed by atoms with van der Waals surface area (Å²) in [4.78, 5) is 53.8. The van der Waals surface area contributed by atoms with Crippen LogP contribution in [0.15, 0.2) is 47.2 Å². The molecule has 6 bridgehead atoms. The van der Waals surface area contributed by atoms with Gasteiger partial charge in [0.1, 0.15) is 11.5 Å². The zero-order valence-corrected chi connectivity index (χ0v) is 27.4. The number of rotatable bonds is 0. The van der Waals surface area contributed by atoms with Crippen LogP contribution in [0.4, 0.5) is 0 Å². The van der Waals surface area contributed by atoms with Crippen molar-refractivity contribution in [2.24, 2.45) is 29.6 Å². The number of fused-ring (bicyclic) bond motifs is 1. The van der Waals surface area contributed by atoms with Crippen molar-refractivity contribution < 1.29 is 54.6 Å². The van der Waals surface area contributed by atoms with E-state index in [2.05, 4.69) is 5.32 Å². The predicted octanol–water partition coefficient (Wildman–Crippen LogP) is 2.39. The number of carbonyl (C=O) groups excluding carboxylic acids is 4. The molecule has 1 aromatic rings. The van der Waals surface area contributed by atoms with E-state index < -0.39 is 117 Å². The highest BCUT2D eigenvalue weighted by Crippen LogP contribution is 2.42. The first kappa shape index (κ1) is 35.9. The van der Waals surface area contributed by atoms with E-state index in [1.807, 2.05) is 0 Å². The number of ketones is 3. The molecule has 12 nitrogen and oxygen atoms in total. The number of aliphatic hydroxyl groups excluding tert-OH is 4. The lowest BCUT2D eigenvalue weighted by molar-refractivity contribution is -0.254. The largest absolute Gasteiger partial charge is 0.507 e. The van der Waals surface area contributed by atoms with E-state index >= 15 is 0 Å². The fourth-order valence-electron chi connectivity index (χ4n) is 6.61. The molecule has 1 amide bonds. The third kappa shape index (κ3) is 6.48. The monoisotopic (exact) mass is 653 g/mol. The number of phenols is 2. The molecule has 5 aliphatic rings. The number of hydrogen-bond donors (Lipinski definition) is 7. The molecule has 1 fully saturated rings. The normalized spacial score (nSPS) is 35.9. The number of aromatic hydroxyl groups is 2. The van der Waals surface area contributed by atoms with Crippen LogP contribution in [0, 0.1) is 36.5 Å². The third-order valence-electron chi connectivity index (χ3n) is 9.82. The van der Waals surface area contributed by atoms with Crippen LogP contribution < -0.4 is 5.32 Å². The molecule has 7 N–H and O–H groups in total. The van der Waals surface area contributed by atoms with Gasteiger partial charge in [0.05, 0.1) is 52.7 Å². The number of phenolic OH excluding ortho intramolecular Hbond substituents is 2. The lowest BCUT2D eigenvalue weighted by Crippen LogP contribution is -2.54. The van der Waals surface area contributed by atoms with Crippen molar-refractivity contribution in [1.82, 2.24) is 5.32 Å². The molecule has 0 spiro atoms. The number of hydrogen-bond acceptors (Lipinski definition) is 11. The SMILES string of the molecule is CC1=CC2C(O)OC(C(C)C(O)C(C)C(O)C(C)/C=C\C=C(\C)C(=O)NC3=CC(=O)c4c(c(O)c(C)c(O)c4C3=O)C1=O)C(C)C2O. The molecule has 4 heterocycles. The van der Waals surface area contributed by atoms with Crippen LogP contribution in [0.3, 0.4) is 0 Å². The van der Waals surface area contributed by atoms with Crippen molar-refractivity contribution in [3.05, 3.63) is 69.5 Å². The maximum absolute atomic E-state index is 13.8. The summed E-state index contributed by atoms with van der Waals surface area (Å²) < 4.78 is 5.89. The Morgan fingerprint density at radius 3 is 1.91 bits per heavy atom. The predicted molar refractivity (Wildman–Crippen MR) is 169 cm³/mol. The van der Waals surface area contributed by atoms with Crippen LogP contribution in [0.25, 0.3) is 0 Å². The zero-order chi connectivity index (χ0) is 35.2. The van der Waals surface area contributed by atoms with Crippen LogP contribution in [0.5, 0.6) is 11.5 Å². The van der Waals surface area contributed by atoms with Gasteiger partial charge in [-0.3, -0.25) is 19.2 Å². The van der Waals surface area contributed by atoms with Crippen LogP contribution in [0.1, 0.15) is 78.2 Å².